The number of hydrogen-bond donors (Lipinski definition) is 4. The molecule has 13 heteroatoms. The van der Waals surface area contributed by atoms with Crippen LogP contribution in [0.4, 0.5) is 28.8 Å². The number of aliphatic carboxylic acids is 1. The van der Waals surface area contributed by atoms with Gasteiger partial charge in [-0.3, -0.25) is 15.0 Å². The minimum Gasteiger partial charge on any atom is -0.479 e. The van der Waals surface area contributed by atoms with Crippen LogP contribution in [0.1, 0.15) is 58.3 Å². The van der Waals surface area contributed by atoms with E-state index in [1.54, 1.807) is 19.1 Å². The number of aliphatic hydroxyl groups is 1. The van der Waals surface area contributed by atoms with E-state index in [0.717, 1.165) is 54.7 Å². The zero-order chi connectivity index (χ0) is 33.0. The van der Waals surface area contributed by atoms with E-state index >= 15 is 0 Å². The van der Waals surface area contributed by atoms with Crippen LogP contribution in [0.2, 0.25) is 0 Å². The van der Waals surface area contributed by atoms with Crippen LogP contribution in [0.25, 0.3) is 15.8 Å². The number of nitrogens with zero attached hydrogens (tertiary/aromatic N) is 2. The lowest BCUT2D eigenvalue weighted by Gasteiger charge is -2.24. The van der Waals surface area contributed by atoms with Crippen molar-refractivity contribution in [1.29, 1.82) is 0 Å². The van der Waals surface area contributed by atoms with Crippen LogP contribution in [-0.4, -0.2) is 45.8 Å². The largest absolute Gasteiger partial charge is 0.479 e. The van der Waals surface area contributed by atoms with Gasteiger partial charge in [0.25, 0.3) is 5.91 Å². The fourth-order valence-electron chi connectivity index (χ4n) is 5.14. The topological polar surface area (TPSA) is 132 Å². The predicted octanol–water partition coefficient (Wildman–Crippen LogP) is 6.99. The van der Waals surface area contributed by atoms with E-state index in [-0.39, 0.29) is 22.8 Å². The summed E-state index contributed by atoms with van der Waals surface area (Å²) in [5.74, 6) is -2.03. The Kier molecular flexibility index (Phi) is 9.73. The van der Waals surface area contributed by atoms with Crippen LogP contribution in [-0.2, 0) is 17.5 Å². The third kappa shape index (κ3) is 7.72. The first kappa shape index (κ1) is 32.6. The summed E-state index contributed by atoms with van der Waals surface area (Å²) >= 11 is 1.08. The zero-order valence-electron chi connectivity index (χ0n) is 24.7. The molecule has 3 aromatic carbocycles. The number of aryl methyl sites for hydroxylation is 1. The van der Waals surface area contributed by atoms with Gasteiger partial charge in [0.15, 0.2) is 11.2 Å². The lowest BCUT2D eigenvalue weighted by Crippen LogP contribution is -2.36. The number of aliphatic hydroxyl groups excluding tert-OH is 1. The monoisotopic (exact) mass is 652 g/mol. The molecule has 0 fully saturated rings. The third-order valence-electron chi connectivity index (χ3n) is 7.60. The van der Waals surface area contributed by atoms with Gasteiger partial charge in [0.05, 0.1) is 28.9 Å². The van der Waals surface area contributed by atoms with Gasteiger partial charge in [-0.1, -0.05) is 41.7 Å². The van der Waals surface area contributed by atoms with Crippen molar-refractivity contribution in [1.82, 2.24) is 10.3 Å². The van der Waals surface area contributed by atoms with Gasteiger partial charge in [-0.15, -0.1) is 0 Å². The number of allylic oxidation sites excluding steroid dienone is 2. The minimum atomic E-state index is -4.53. The van der Waals surface area contributed by atoms with Gasteiger partial charge in [-0.25, -0.2) is 14.6 Å². The number of fused-ring (bicyclic) bond motifs is 1. The highest BCUT2D eigenvalue weighted by atomic mass is 32.1. The van der Waals surface area contributed by atoms with E-state index in [4.69, 9.17) is 5.11 Å². The maximum absolute atomic E-state index is 13.7. The second-order valence-corrected chi connectivity index (χ2v) is 12.0. The van der Waals surface area contributed by atoms with E-state index in [2.05, 4.69) is 21.7 Å². The maximum atomic E-state index is 13.7. The molecule has 9 nitrogen and oxygen atoms in total. The SMILES string of the molecule is Cc1cc(C(F)(F)F)cc2nc(NC(=O)N(Cc3ccc(C(=O)NC[C@@H](O)C(=O)O)cc3)c3ccc(C4=CCCCC4)cc3)sc12. The third-order valence-corrected chi connectivity index (χ3v) is 8.72. The van der Waals surface area contributed by atoms with Gasteiger partial charge in [-0.05, 0) is 91.3 Å². The molecule has 0 bridgehead atoms. The van der Waals surface area contributed by atoms with Gasteiger partial charge >= 0.3 is 18.2 Å². The Hall–Kier alpha value is -4.75. The number of carbonyl (C=O) groups excluding carboxylic acids is 2. The number of alkyl halides is 3. The smallest absolute Gasteiger partial charge is 0.416 e. The molecular formula is C33H31F3N4O5S. The number of thiazole rings is 1. The van der Waals surface area contributed by atoms with Crippen molar-refractivity contribution in [2.45, 2.75) is 51.4 Å². The molecule has 46 heavy (non-hydrogen) atoms. The average Bonchev–Trinajstić information content (AvgIpc) is 3.45. The average molecular weight is 653 g/mol. The van der Waals surface area contributed by atoms with Gasteiger partial charge in [0, 0.05) is 11.3 Å². The second-order valence-electron chi connectivity index (χ2n) is 11.0. The summed E-state index contributed by atoms with van der Waals surface area (Å²) < 4.78 is 40.6. The van der Waals surface area contributed by atoms with Crippen molar-refractivity contribution in [3.8, 4) is 0 Å². The molecule has 0 unspecified atom stereocenters. The molecule has 1 aliphatic carbocycles. The zero-order valence-corrected chi connectivity index (χ0v) is 25.5. The summed E-state index contributed by atoms with van der Waals surface area (Å²) in [5.41, 5.74) is 3.49. The Morgan fingerprint density at radius 1 is 1.04 bits per heavy atom. The number of anilines is 2. The lowest BCUT2D eigenvalue weighted by molar-refractivity contribution is -0.146. The second kappa shape index (κ2) is 13.7. The summed E-state index contributed by atoms with van der Waals surface area (Å²) in [6.07, 6.45) is 0.228. The Bertz CT molecular complexity index is 1790. The van der Waals surface area contributed by atoms with Crippen molar-refractivity contribution >= 4 is 55.9 Å². The number of benzene rings is 3. The highest BCUT2D eigenvalue weighted by Gasteiger charge is 2.31. The number of amides is 3. The molecule has 4 N–H and O–H groups in total. The highest BCUT2D eigenvalue weighted by molar-refractivity contribution is 7.22. The first-order valence-electron chi connectivity index (χ1n) is 14.5. The van der Waals surface area contributed by atoms with E-state index in [9.17, 15) is 32.7 Å². The molecule has 0 saturated heterocycles. The van der Waals surface area contributed by atoms with Crippen molar-refractivity contribution < 1.29 is 37.8 Å². The first-order valence-corrected chi connectivity index (χ1v) is 15.3. The molecule has 1 aliphatic rings. The first-order chi connectivity index (χ1) is 21.9. The number of aromatic nitrogens is 1. The number of hydrogen-bond acceptors (Lipinski definition) is 6. The van der Waals surface area contributed by atoms with Crippen LogP contribution in [0.3, 0.4) is 0 Å². The van der Waals surface area contributed by atoms with Gasteiger partial charge < -0.3 is 15.5 Å². The van der Waals surface area contributed by atoms with Crippen molar-refractivity contribution in [3.63, 3.8) is 0 Å². The Morgan fingerprint density at radius 3 is 2.39 bits per heavy atom. The molecule has 4 aromatic rings. The molecule has 0 radical (unpaired) electrons. The number of nitrogens with one attached hydrogen (secondary N) is 2. The van der Waals surface area contributed by atoms with Crippen molar-refractivity contribution in [2.75, 3.05) is 16.8 Å². The molecule has 0 saturated carbocycles. The molecule has 3 amide bonds. The van der Waals surface area contributed by atoms with Crippen LogP contribution >= 0.6 is 11.3 Å². The van der Waals surface area contributed by atoms with Crippen LogP contribution in [0.15, 0.2) is 66.7 Å². The molecule has 0 aliphatic heterocycles. The maximum Gasteiger partial charge on any atom is 0.416 e. The van der Waals surface area contributed by atoms with Crippen LogP contribution < -0.4 is 15.5 Å². The number of carboxylic acid groups (broad SMARTS) is 1. The normalized spacial score (nSPS) is 14.0. The Morgan fingerprint density at radius 2 is 1.76 bits per heavy atom. The van der Waals surface area contributed by atoms with E-state index in [1.807, 2.05) is 24.3 Å². The summed E-state index contributed by atoms with van der Waals surface area (Å²) in [4.78, 5) is 42.7. The predicted molar refractivity (Wildman–Crippen MR) is 170 cm³/mol. The summed E-state index contributed by atoms with van der Waals surface area (Å²) in [6.45, 7) is 1.18. The van der Waals surface area contributed by atoms with E-state index in [1.165, 1.54) is 22.6 Å². The lowest BCUT2D eigenvalue weighted by atomic mass is 9.93. The van der Waals surface area contributed by atoms with E-state index < -0.39 is 42.3 Å². The minimum absolute atomic E-state index is 0.0790. The quantitative estimate of drug-likeness (QED) is 0.154. The summed E-state index contributed by atoms with van der Waals surface area (Å²) in [6, 6.07) is 15.3. The number of carboxylic acids is 1. The molecule has 1 atom stereocenters. The molecule has 1 heterocycles. The standard InChI is InChI=1S/C33H31F3N4O5S/c1-19-15-24(33(34,35)36)16-26-28(19)46-31(38-26)39-32(45)40(25-13-11-22(12-14-25)21-5-3-2-4-6-21)18-20-7-9-23(10-8-20)29(42)37-17-27(41)30(43)44/h5,7-16,27,41H,2-4,6,17-18H2,1H3,(H,37,42)(H,43,44)(H,38,39,45)/t27-/m1/s1. The number of halogens is 3. The molecule has 1 aromatic heterocycles. The fraction of sp³-hybridized carbons (Fsp3) is 0.273. The number of urea groups is 1. The van der Waals surface area contributed by atoms with Crippen molar-refractivity contribution in [3.05, 3.63) is 94.6 Å². The Labute approximate surface area is 266 Å². The molecule has 240 valence electrons. The highest BCUT2D eigenvalue weighted by Crippen LogP contribution is 2.36. The van der Waals surface area contributed by atoms with Gasteiger partial charge in [0.2, 0.25) is 0 Å². The van der Waals surface area contributed by atoms with Crippen molar-refractivity contribution in [2.24, 2.45) is 0 Å². The number of carbonyl (C=O) groups is 3. The number of rotatable bonds is 9. The van der Waals surface area contributed by atoms with Crippen LogP contribution in [0.5, 0.6) is 0 Å². The van der Waals surface area contributed by atoms with Gasteiger partial charge in [-0.2, -0.15) is 13.2 Å². The van der Waals surface area contributed by atoms with Crippen LogP contribution in [0, 0.1) is 6.92 Å². The molecular weight excluding hydrogens is 621 g/mol. The van der Waals surface area contributed by atoms with Gasteiger partial charge in [0.1, 0.15) is 0 Å². The fourth-order valence-corrected chi connectivity index (χ4v) is 6.04. The molecule has 5 rings (SSSR count). The summed E-state index contributed by atoms with van der Waals surface area (Å²) in [7, 11) is 0. The Balaban J connectivity index is 1.39. The summed E-state index contributed by atoms with van der Waals surface area (Å²) in [5, 5.41) is 23.5. The molecule has 0 spiro atoms. The van der Waals surface area contributed by atoms with E-state index in [0.29, 0.717) is 21.5 Å².